The van der Waals surface area contributed by atoms with Crippen LogP contribution in [-0.2, 0) is 0 Å². The van der Waals surface area contributed by atoms with E-state index in [2.05, 4.69) is 21.2 Å². The van der Waals surface area contributed by atoms with Gasteiger partial charge in [-0.25, -0.2) is 0 Å². The molecule has 1 amide bonds. The van der Waals surface area contributed by atoms with Gasteiger partial charge in [0, 0.05) is 16.9 Å². The standard InChI is InChI=1S/C15H20BrNO/c1-11-6-8-12(9-7-11)15(18)17-10-13-4-2-3-5-14(13)16/h6-9,13-14H,2-5,10H2,1H3,(H,17,18). The second-order valence-corrected chi connectivity index (χ2v) is 6.31. The number of amides is 1. The van der Waals surface area contributed by atoms with Crippen LogP contribution in [0.4, 0.5) is 0 Å². The summed E-state index contributed by atoms with van der Waals surface area (Å²) >= 11 is 3.72. The molecule has 1 N–H and O–H groups in total. The van der Waals surface area contributed by atoms with Gasteiger partial charge in [0.1, 0.15) is 0 Å². The highest BCUT2D eigenvalue weighted by atomic mass is 79.9. The number of halogens is 1. The van der Waals surface area contributed by atoms with Gasteiger partial charge in [0.2, 0.25) is 0 Å². The first-order valence-corrected chi connectivity index (χ1v) is 7.57. The normalized spacial score (nSPS) is 23.7. The van der Waals surface area contributed by atoms with Crippen LogP contribution in [0.15, 0.2) is 24.3 Å². The second-order valence-electron chi connectivity index (χ2n) is 5.14. The number of alkyl halides is 1. The molecule has 0 aromatic heterocycles. The summed E-state index contributed by atoms with van der Waals surface area (Å²) in [4.78, 5) is 12.5. The van der Waals surface area contributed by atoms with Gasteiger partial charge in [0.15, 0.2) is 0 Å². The molecule has 2 nitrogen and oxygen atoms in total. The molecule has 0 spiro atoms. The van der Waals surface area contributed by atoms with Gasteiger partial charge in [-0.05, 0) is 37.8 Å². The zero-order valence-corrected chi connectivity index (χ0v) is 12.4. The highest BCUT2D eigenvalue weighted by molar-refractivity contribution is 9.09. The fraction of sp³-hybridized carbons (Fsp3) is 0.533. The fourth-order valence-electron chi connectivity index (χ4n) is 2.42. The fourth-order valence-corrected chi connectivity index (χ4v) is 3.20. The van der Waals surface area contributed by atoms with Gasteiger partial charge < -0.3 is 5.32 Å². The van der Waals surface area contributed by atoms with Crippen LogP contribution in [0.2, 0.25) is 0 Å². The minimum atomic E-state index is 0.0419. The van der Waals surface area contributed by atoms with Crippen molar-refractivity contribution >= 4 is 21.8 Å². The molecule has 2 atom stereocenters. The largest absolute Gasteiger partial charge is 0.352 e. The van der Waals surface area contributed by atoms with Gasteiger partial charge in [-0.2, -0.15) is 0 Å². The maximum Gasteiger partial charge on any atom is 0.251 e. The second kappa shape index (κ2) is 6.37. The number of aryl methyl sites for hydroxylation is 1. The molecule has 0 heterocycles. The van der Waals surface area contributed by atoms with Gasteiger partial charge in [-0.1, -0.05) is 46.5 Å². The zero-order valence-electron chi connectivity index (χ0n) is 10.8. The zero-order chi connectivity index (χ0) is 13.0. The smallest absolute Gasteiger partial charge is 0.251 e. The molecule has 3 heteroatoms. The third-order valence-electron chi connectivity index (χ3n) is 3.65. The molecule has 0 aliphatic heterocycles. The van der Waals surface area contributed by atoms with E-state index < -0.39 is 0 Å². The Morgan fingerprint density at radius 3 is 2.61 bits per heavy atom. The van der Waals surface area contributed by atoms with Gasteiger partial charge >= 0.3 is 0 Å². The van der Waals surface area contributed by atoms with Crippen molar-refractivity contribution in [3.8, 4) is 0 Å². The molecule has 2 rings (SSSR count). The average Bonchev–Trinajstić information content (AvgIpc) is 2.38. The summed E-state index contributed by atoms with van der Waals surface area (Å²) in [6.07, 6.45) is 5.03. The first-order valence-electron chi connectivity index (χ1n) is 6.66. The van der Waals surface area contributed by atoms with Crippen molar-refractivity contribution in [2.45, 2.75) is 37.4 Å². The Kier molecular flexibility index (Phi) is 4.81. The summed E-state index contributed by atoms with van der Waals surface area (Å²) in [5, 5.41) is 3.05. The van der Waals surface area contributed by atoms with Crippen molar-refractivity contribution in [2.24, 2.45) is 5.92 Å². The molecule has 0 saturated heterocycles. The number of hydrogen-bond acceptors (Lipinski definition) is 1. The van der Waals surface area contributed by atoms with Crippen LogP contribution >= 0.6 is 15.9 Å². The lowest BCUT2D eigenvalue weighted by Gasteiger charge is -2.27. The van der Waals surface area contributed by atoms with Gasteiger partial charge in [0.05, 0.1) is 0 Å². The van der Waals surface area contributed by atoms with Gasteiger partial charge in [-0.15, -0.1) is 0 Å². The Hall–Kier alpha value is -0.830. The lowest BCUT2D eigenvalue weighted by atomic mass is 9.89. The summed E-state index contributed by atoms with van der Waals surface area (Å²) < 4.78 is 0. The van der Waals surface area contributed by atoms with E-state index in [0.717, 1.165) is 12.1 Å². The van der Waals surface area contributed by atoms with E-state index in [1.165, 1.54) is 31.2 Å². The summed E-state index contributed by atoms with van der Waals surface area (Å²) in [6.45, 7) is 2.81. The molecular weight excluding hydrogens is 290 g/mol. The Morgan fingerprint density at radius 1 is 1.28 bits per heavy atom. The van der Waals surface area contributed by atoms with E-state index in [-0.39, 0.29) is 5.91 Å². The topological polar surface area (TPSA) is 29.1 Å². The van der Waals surface area contributed by atoms with Crippen LogP contribution in [-0.4, -0.2) is 17.3 Å². The predicted molar refractivity (Wildman–Crippen MR) is 78.2 cm³/mol. The number of hydrogen-bond donors (Lipinski definition) is 1. The molecule has 2 unspecified atom stereocenters. The van der Waals surface area contributed by atoms with Crippen LogP contribution in [0.1, 0.15) is 41.6 Å². The van der Waals surface area contributed by atoms with E-state index in [9.17, 15) is 4.79 Å². The van der Waals surface area contributed by atoms with Crippen LogP contribution < -0.4 is 5.32 Å². The van der Waals surface area contributed by atoms with Crippen LogP contribution in [0.3, 0.4) is 0 Å². The third-order valence-corrected chi connectivity index (χ3v) is 4.86. The molecule has 1 aliphatic rings. The number of nitrogens with one attached hydrogen (secondary N) is 1. The summed E-state index contributed by atoms with van der Waals surface area (Å²) in [5.74, 6) is 0.619. The first kappa shape index (κ1) is 13.6. The molecule has 1 fully saturated rings. The molecule has 0 bridgehead atoms. The molecule has 18 heavy (non-hydrogen) atoms. The molecular formula is C15H20BrNO. The van der Waals surface area contributed by atoms with E-state index >= 15 is 0 Å². The van der Waals surface area contributed by atoms with Gasteiger partial charge in [0.25, 0.3) is 5.91 Å². The number of benzene rings is 1. The monoisotopic (exact) mass is 309 g/mol. The van der Waals surface area contributed by atoms with Crippen LogP contribution in [0.5, 0.6) is 0 Å². The highest BCUT2D eigenvalue weighted by Gasteiger charge is 2.23. The SMILES string of the molecule is Cc1ccc(C(=O)NCC2CCCCC2Br)cc1. The average molecular weight is 310 g/mol. The minimum absolute atomic E-state index is 0.0419. The summed E-state index contributed by atoms with van der Waals surface area (Å²) in [6, 6.07) is 7.72. The summed E-state index contributed by atoms with van der Waals surface area (Å²) in [7, 11) is 0. The van der Waals surface area contributed by atoms with Gasteiger partial charge in [-0.3, -0.25) is 4.79 Å². The molecule has 1 aromatic rings. The lowest BCUT2D eigenvalue weighted by molar-refractivity contribution is 0.0944. The van der Waals surface area contributed by atoms with Crippen molar-refractivity contribution < 1.29 is 4.79 Å². The Labute approximate surface area is 117 Å². The number of carbonyl (C=O) groups is 1. The maximum atomic E-state index is 12.0. The lowest BCUT2D eigenvalue weighted by Crippen LogP contribution is -2.34. The van der Waals surface area contributed by atoms with Crippen molar-refractivity contribution in [3.05, 3.63) is 35.4 Å². The van der Waals surface area contributed by atoms with Crippen molar-refractivity contribution in [1.82, 2.24) is 5.32 Å². The number of carbonyl (C=O) groups excluding carboxylic acids is 1. The van der Waals surface area contributed by atoms with Crippen molar-refractivity contribution in [2.75, 3.05) is 6.54 Å². The minimum Gasteiger partial charge on any atom is -0.352 e. The molecule has 1 saturated carbocycles. The Morgan fingerprint density at radius 2 is 1.94 bits per heavy atom. The Balaban J connectivity index is 1.86. The van der Waals surface area contributed by atoms with Crippen molar-refractivity contribution in [3.63, 3.8) is 0 Å². The third kappa shape index (κ3) is 3.58. The van der Waals surface area contributed by atoms with E-state index in [1.807, 2.05) is 31.2 Å². The van der Waals surface area contributed by atoms with Crippen LogP contribution in [0, 0.1) is 12.8 Å². The molecule has 0 radical (unpaired) electrons. The van der Waals surface area contributed by atoms with E-state index in [1.54, 1.807) is 0 Å². The quantitative estimate of drug-likeness (QED) is 0.848. The van der Waals surface area contributed by atoms with Crippen LogP contribution in [0.25, 0.3) is 0 Å². The first-order chi connectivity index (χ1) is 8.66. The van der Waals surface area contributed by atoms with E-state index in [4.69, 9.17) is 0 Å². The molecule has 98 valence electrons. The Bertz CT molecular complexity index is 401. The molecule has 1 aromatic carbocycles. The maximum absolute atomic E-state index is 12.0. The number of rotatable bonds is 3. The van der Waals surface area contributed by atoms with E-state index in [0.29, 0.717) is 10.7 Å². The summed E-state index contributed by atoms with van der Waals surface area (Å²) in [5.41, 5.74) is 1.93. The molecule has 1 aliphatic carbocycles. The highest BCUT2D eigenvalue weighted by Crippen LogP contribution is 2.29. The predicted octanol–water partition coefficient (Wildman–Crippen LogP) is 3.68. The van der Waals surface area contributed by atoms with Crippen molar-refractivity contribution in [1.29, 1.82) is 0 Å².